The van der Waals surface area contributed by atoms with Crippen molar-refractivity contribution < 1.29 is 14.4 Å². The molecule has 0 fully saturated rings. The number of hydrogen-bond acceptors (Lipinski definition) is 4. The van der Waals surface area contributed by atoms with Crippen LogP contribution in [0.4, 0.5) is 17.1 Å². The Kier molecular flexibility index (Phi) is 7.84. The number of anilines is 3. The van der Waals surface area contributed by atoms with E-state index in [2.05, 4.69) is 16.0 Å². The van der Waals surface area contributed by atoms with E-state index in [1.807, 2.05) is 37.3 Å². The molecule has 0 aliphatic carbocycles. The highest BCUT2D eigenvalue weighted by Crippen LogP contribution is 2.22. The number of aryl methyl sites for hydroxylation is 1. The molecule has 0 aliphatic rings. The summed E-state index contributed by atoms with van der Waals surface area (Å²) in [4.78, 5) is 36.8. The monoisotopic (exact) mass is 433 g/mol. The molecule has 7 heteroatoms. The lowest BCUT2D eigenvalue weighted by Crippen LogP contribution is -2.20. The fourth-order valence-corrected chi connectivity index (χ4v) is 3.44. The van der Waals surface area contributed by atoms with Crippen molar-refractivity contribution >= 4 is 46.5 Å². The Morgan fingerprint density at radius 2 is 1.32 bits per heavy atom. The lowest BCUT2D eigenvalue weighted by molar-refractivity contribution is -0.114. The molecule has 3 aromatic carbocycles. The van der Waals surface area contributed by atoms with Crippen molar-refractivity contribution in [2.75, 3.05) is 27.5 Å². The molecule has 0 saturated carbocycles. The van der Waals surface area contributed by atoms with E-state index in [4.69, 9.17) is 0 Å². The number of thioether (sulfide) groups is 1. The smallest absolute Gasteiger partial charge is 0.255 e. The molecule has 3 amide bonds. The second-order valence-electron chi connectivity index (χ2n) is 6.82. The molecule has 0 unspecified atom stereocenters. The van der Waals surface area contributed by atoms with Gasteiger partial charge in [0.15, 0.2) is 0 Å². The predicted octanol–water partition coefficient (Wildman–Crippen LogP) is 4.56. The van der Waals surface area contributed by atoms with Gasteiger partial charge in [-0.25, -0.2) is 0 Å². The van der Waals surface area contributed by atoms with Gasteiger partial charge in [-0.1, -0.05) is 42.5 Å². The number of amides is 3. The molecule has 0 radical (unpaired) electrons. The van der Waals surface area contributed by atoms with Crippen molar-refractivity contribution in [1.29, 1.82) is 0 Å². The summed E-state index contributed by atoms with van der Waals surface area (Å²) in [5.74, 6) is -0.408. The normalized spacial score (nSPS) is 10.2. The van der Waals surface area contributed by atoms with Crippen LogP contribution in [0.1, 0.15) is 15.9 Å². The maximum Gasteiger partial charge on any atom is 0.255 e. The fraction of sp³-hybridized carbons (Fsp3) is 0.125. The standard InChI is InChI=1S/C24H23N3O3S/c1-17-8-7-11-19(14-17)25-22(28)15-31-16-23(29)26-20-12-5-6-13-21(20)27-24(30)18-9-3-2-4-10-18/h2-14H,15-16H2,1H3,(H,25,28)(H,26,29)(H,27,30). The highest BCUT2D eigenvalue weighted by molar-refractivity contribution is 8.00. The van der Waals surface area contributed by atoms with Gasteiger partial charge in [0.1, 0.15) is 0 Å². The van der Waals surface area contributed by atoms with Crippen LogP contribution in [0.25, 0.3) is 0 Å². The third kappa shape index (κ3) is 7.01. The first-order valence-electron chi connectivity index (χ1n) is 9.71. The zero-order valence-corrected chi connectivity index (χ0v) is 17.9. The van der Waals surface area contributed by atoms with E-state index in [-0.39, 0.29) is 29.2 Å². The van der Waals surface area contributed by atoms with Crippen LogP contribution in [0, 0.1) is 6.92 Å². The SMILES string of the molecule is Cc1cccc(NC(=O)CSCC(=O)Nc2ccccc2NC(=O)c2ccccc2)c1. The summed E-state index contributed by atoms with van der Waals surface area (Å²) < 4.78 is 0. The summed E-state index contributed by atoms with van der Waals surface area (Å²) >= 11 is 1.22. The molecule has 0 heterocycles. The van der Waals surface area contributed by atoms with E-state index in [0.29, 0.717) is 16.9 Å². The number of carbonyl (C=O) groups is 3. The summed E-state index contributed by atoms with van der Waals surface area (Å²) in [7, 11) is 0. The first-order chi connectivity index (χ1) is 15.0. The zero-order valence-electron chi connectivity index (χ0n) is 17.1. The first kappa shape index (κ1) is 22.1. The average Bonchev–Trinajstić information content (AvgIpc) is 2.75. The van der Waals surface area contributed by atoms with Crippen LogP contribution in [0.15, 0.2) is 78.9 Å². The van der Waals surface area contributed by atoms with Crippen molar-refractivity contribution in [1.82, 2.24) is 0 Å². The van der Waals surface area contributed by atoms with Gasteiger partial charge < -0.3 is 16.0 Å². The van der Waals surface area contributed by atoms with Gasteiger partial charge in [0.25, 0.3) is 5.91 Å². The van der Waals surface area contributed by atoms with Gasteiger partial charge >= 0.3 is 0 Å². The van der Waals surface area contributed by atoms with Crippen LogP contribution >= 0.6 is 11.8 Å². The van der Waals surface area contributed by atoms with E-state index in [0.717, 1.165) is 11.3 Å². The lowest BCUT2D eigenvalue weighted by atomic mass is 10.2. The van der Waals surface area contributed by atoms with Crippen LogP contribution in [0.2, 0.25) is 0 Å². The molecule has 0 spiro atoms. The maximum atomic E-state index is 12.4. The highest BCUT2D eigenvalue weighted by atomic mass is 32.2. The van der Waals surface area contributed by atoms with Crippen LogP contribution in [-0.4, -0.2) is 29.2 Å². The molecule has 0 aliphatic heterocycles. The molecule has 3 aromatic rings. The summed E-state index contributed by atoms with van der Waals surface area (Å²) in [6.45, 7) is 1.95. The Labute approximate surface area is 185 Å². The molecular formula is C24H23N3O3S. The molecule has 0 aromatic heterocycles. The van der Waals surface area contributed by atoms with Crippen LogP contribution < -0.4 is 16.0 Å². The minimum absolute atomic E-state index is 0.113. The van der Waals surface area contributed by atoms with Crippen LogP contribution in [0.3, 0.4) is 0 Å². The third-order valence-electron chi connectivity index (χ3n) is 4.25. The number of para-hydroxylation sites is 2. The van der Waals surface area contributed by atoms with Gasteiger partial charge in [0.2, 0.25) is 11.8 Å². The van der Waals surface area contributed by atoms with E-state index in [9.17, 15) is 14.4 Å². The molecule has 0 bridgehead atoms. The van der Waals surface area contributed by atoms with E-state index in [1.165, 1.54) is 11.8 Å². The lowest BCUT2D eigenvalue weighted by Gasteiger charge is -2.12. The van der Waals surface area contributed by atoms with Crippen LogP contribution in [0.5, 0.6) is 0 Å². The van der Waals surface area contributed by atoms with E-state index < -0.39 is 0 Å². The molecule has 3 N–H and O–H groups in total. The minimum Gasteiger partial charge on any atom is -0.325 e. The largest absolute Gasteiger partial charge is 0.325 e. The van der Waals surface area contributed by atoms with E-state index in [1.54, 1.807) is 48.5 Å². The Morgan fingerprint density at radius 3 is 2.00 bits per heavy atom. The van der Waals surface area contributed by atoms with E-state index >= 15 is 0 Å². The maximum absolute atomic E-state index is 12.4. The summed E-state index contributed by atoms with van der Waals surface area (Å²) in [6, 6.07) is 23.4. The second kappa shape index (κ2) is 11.0. The molecular weight excluding hydrogens is 410 g/mol. The van der Waals surface area contributed by atoms with Gasteiger partial charge in [-0.3, -0.25) is 14.4 Å². The fourth-order valence-electron chi connectivity index (χ4n) is 2.83. The molecule has 6 nitrogen and oxygen atoms in total. The second-order valence-corrected chi connectivity index (χ2v) is 7.81. The zero-order chi connectivity index (χ0) is 22.1. The Hall–Kier alpha value is -3.58. The van der Waals surface area contributed by atoms with Crippen molar-refractivity contribution in [2.45, 2.75) is 6.92 Å². The van der Waals surface area contributed by atoms with Gasteiger partial charge in [-0.2, -0.15) is 0 Å². The predicted molar refractivity (Wildman–Crippen MR) is 127 cm³/mol. The first-order valence-corrected chi connectivity index (χ1v) is 10.9. The topological polar surface area (TPSA) is 87.3 Å². The summed E-state index contributed by atoms with van der Waals surface area (Å²) in [5, 5.41) is 8.42. The Bertz CT molecular complexity index is 1070. The van der Waals surface area contributed by atoms with Gasteiger partial charge in [0.05, 0.1) is 22.9 Å². The van der Waals surface area contributed by atoms with Crippen LogP contribution in [-0.2, 0) is 9.59 Å². The van der Waals surface area contributed by atoms with Crippen molar-refractivity contribution in [2.24, 2.45) is 0 Å². The van der Waals surface area contributed by atoms with Crippen molar-refractivity contribution in [3.8, 4) is 0 Å². The third-order valence-corrected chi connectivity index (χ3v) is 5.19. The molecule has 31 heavy (non-hydrogen) atoms. The van der Waals surface area contributed by atoms with Gasteiger partial charge in [-0.05, 0) is 48.9 Å². The molecule has 158 valence electrons. The highest BCUT2D eigenvalue weighted by Gasteiger charge is 2.11. The Morgan fingerprint density at radius 1 is 0.710 bits per heavy atom. The Balaban J connectivity index is 1.49. The number of benzene rings is 3. The van der Waals surface area contributed by atoms with Gasteiger partial charge in [0, 0.05) is 11.3 Å². The molecule has 0 saturated heterocycles. The quantitative estimate of drug-likeness (QED) is 0.486. The summed E-state index contributed by atoms with van der Waals surface area (Å²) in [5.41, 5.74) is 3.33. The van der Waals surface area contributed by atoms with Gasteiger partial charge in [-0.15, -0.1) is 11.8 Å². The number of nitrogens with one attached hydrogen (secondary N) is 3. The molecule has 0 atom stereocenters. The van der Waals surface area contributed by atoms with Crippen molar-refractivity contribution in [3.63, 3.8) is 0 Å². The van der Waals surface area contributed by atoms with Crippen molar-refractivity contribution in [3.05, 3.63) is 90.0 Å². The number of carbonyl (C=O) groups excluding carboxylic acids is 3. The molecule has 3 rings (SSSR count). The minimum atomic E-state index is -0.260. The summed E-state index contributed by atoms with van der Waals surface area (Å²) in [6.07, 6.45) is 0. The average molecular weight is 434 g/mol. The number of rotatable bonds is 8. The number of hydrogen-bond donors (Lipinski definition) is 3.